The molecule has 0 bridgehead atoms. The molecule has 0 fully saturated rings. The van der Waals surface area contributed by atoms with Crippen molar-refractivity contribution in [2.24, 2.45) is 0 Å². The molecule has 0 amide bonds. The van der Waals surface area contributed by atoms with Crippen molar-refractivity contribution in [3.8, 4) is 5.75 Å². The number of hydrogen-bond donors (Lipinski definition) is 0. The van der Waals surface area contributed by atoms with Crippen molar-refractivity contribution < 1.29 is 14.3 Å². The number of carbonyl (C=O) groups is 1. The first-order valence-electron chi connectivity index (χ1n) is 7.47. The molecule has 0 aliphatic rings. The van der Waals surface area contributed by atoms with Crippen LogP contribution in [0.1, 0.15) is 42.3 Å². The molecule has 0 aliphatic carbocycles. The number of rotatable bonds is 4. The maximum atomic E-state index is 12.1. The zero-order chi connectivity index (χ0) is 17.0. The Morgan fingerprint density at radius 1 is 0.913 bits per heavy atom. The number of esters is 1. The van der Waals surface area contributed by atoms with Gasteiger partial charge in [-0.15, -0.1) is 0 Å². The summed E-state index contributed by atoms with van der Waals surface area (Å²) in [5.74, 6) is 0.599. The van der Waals surface area contributed by atoms with Gasteiger partial charge in [0, 0.05) is 5.56 Å². The van der Waals surface area contributed by atoms with E-state index in [0.717, 1.165) is 5.56 Å². The van der Waals surface area contributed by atoms with E-state index in [9.17, 15) is 4.79 Å². The van der Waals surface area contributed by atoms with Crippen molar-refractivity contribution in [1.82, 2.24) is 0 Å². The van der Waals surface area contributed by atoms with Crippen LogP contribution in [-0.2, 0) is 10.2 Å². The Labute approximate surface area is 137 Å². The lowest BCUT2D eigenvalue weighted by Gasteiger charge is -2.19. The van der Waals surface area contributed by atoms with Gasteiger partial charge in [-0.2, -0.15) is 0 Å². The molecule has 0 radical (unpaired) electrons. The fourth-order valence-electron chi connectivity index (χ4n) is 2.11. The van der Waals surface area contributed by atoms with E-state index in [2.05, 4.69) is 27.4 Å². The largest absolute Gasteiger partial charge is 0.497 e. The van der Waals surface area contributed by atoms with Crippen LogP contribution in [0.15, 0.2) is 55.1 Å². The third-order valence-electron chi connectivity index (χ3n) is 3.61. The average molecular weight is 310 g/mol. The van der Waals surface area contributed by atoms with Gasteiger partial charge in [0.1, 0.15) is 11.5 Å². The van der Waals surface area contributed by atoms with E-state index in [4.69, 9.17) is 9.47 Å². The topological polar surface area (TPSA) is 35.5 Å². The van der Waals surface area contributed by atoms with E-state index in [-0.39, 0.29) is 5.41 Å². The van der Waals surface area contributed by atoms with E-state index < -0.39 is 5.97 Å². The highest BCUT2D eigenvalue weighted by molar-refractivity contribution is 5.93. The van der Waals surface area contributed by atoms with Gasteiger partial charge in [0.05, 0.1) is 12.7 Å². The molecule has 0 aliphatic heterocycles. The van der Waals surface area contributed by atoms with Gasteiger partial charge >= 0.3 is 5.97 Å². The number of carbonyl (C=O) groups excluding carboxylic acids is 1. The molecule has 0 saturated carbocycles. The van der Waals surface area contributed by atoms with Crippen LogP contribution < -0.4 is 4.74 Å². The van der Waals surface area contributed by atoms with Gasteiger partial charge in [0.25, 0.3) is 0 Å². The van der Waals surface area contributed by atoms with E-state index in [1.54, 1.807) is 31.4 Å². The van der Waals surface area contributed by atoms with Crippen LogP contribution in [0.3, 0.4) is 0 Å². The average Bonchev–Trinajstić information content (AvgIpc) is 2.54. The van der Waals surface area contributed by atoms with E-state index in [1.165, 1.54) is 5.56 Å². The Balaban J connectivity index is 2.07. The molecular weight excluding hydrogens is 288 g/mol. The van der Waals surface area contributed by atoms with Crippen molar-refractivity contribution in [3.05, 3.63) is 71.8 Å². The summed E-state index contributed by atoms with van der Waals surface area (Å²) in [5, 5.41) is 0. The van der Waals surface area contributed by atoms with Gasteiger partial charge in [-0.05, 0) is 35.2 Å². The summed E-state index contributed by atoms with van der Waals surface area (Å²) in [7, 11) is 1.58. The molecule has 0 aromatic heterocycles. The van der Waals surface area contributed by atoms with Gasteiger partial charge in [-0.3, -0.25) is 0 Å². The Bertz CT molecular complexity index is 689. The molecular formula is C20H22O3. The minimum absolute atomic E-state index is 0.0830. The lowest BCUT2D eigenvalue weighted by molar-refractivity contribution is 0.0693. The molecule has 0 N–H and O–H groups in total. The lowest BCUT2D eigenvalue weighted by Crippen LogP contribution is -2.11. The van der Waals surface area contributed by atoms with Crippen LogP contribution >= 0.6 is 0 Å². The third-order valence-corrected chi connectivity index (χ3v) is 3.61. The number of ether oxygens (including phenoxy) is 2. The first-order chi connectivity index (χ1) is 10.8. The summed E-state index contributed by atoms with van der Waals surface area (Å²) in [4.78, 5) is 12.1. The molecule has 23 heavy (non-hydrogen) atoms. The van der Waals surface area contributed by atoms with Crippen molar-refractivity contribution in [2.45, 2.75) is 26.2 Å². The molecule has 2 aromatic carbocycles. The second-order valence-corrected chi connectivity index (χ2v) is 6.37. The van der Waals surface area contributed by atoms with Gasteiger partial charge in [0.15, 0.2) is 0 Å². The summed E-state index contributed by atoms with van der Waals surface area (Å²) in [6.45, 7) is 10.3. The van der Waals surface area contributed by atoms with Crippen LogP contribution in [0, 0.1) is 0 Å². The second kappa shape index (κ2) is 6.69. The van der Waals surface area contributed by atoms with Gasteiger partial charge in [-0.1, -0.05) is 51.6 Å². The van der Waals surface area contributed by atoms with Crippen molar-refractivity contribution >= 4 is 11.7 Å². The third kappa shape index (κ3) is 4.22. The minimum atomic E-state index is -0.433. The van der Waals surface area contributed by atoms with Crippen LogP contribution in [-0.4, -0.2) is 13.1 Å². The van der Waals surface area contributed by atoms with Crippen LogP contribution in [0.2, 0.25) is 0 Å². The Hall–Kier alpha value is -2.55. The zero-order valence-electron chi connectivity index (χ0n) is 14.1. The molecule has 3 heteroatoms. The fraction of sp³-hybridized carbons (Fsp3) is 0.250. The monoisotopic (exact) mass is 310 g/mol. The minimum Gasteiger partial charge on any atom is -0.497 e. The highest BCUT2D eigenvalue weighted by atomic mass is 16.5. The molecule has 0 unspecified atom stereocenters. The van der Waals surface area contributed by atoms with Crippen LogP contribution in [0.5, 0.6) is 5.75 Å². The summed E-state index contributed by atoms with van der Waals surface area (Å²) in [5.41, 5.74) is 2.55. The first kappa shape index (κ1) is 16.8. The SMILES string of the molecule is C=C(OC(=O)c1ccc(OC)cc1)c1ccc(C(C)(C)C)cc1. The normalized spacial score (nSPS) is 11.0. The Morgan fingerprint density at radius 2 is 1.43 bits per heavy atom. The van der Waals surface area contributed by atoms with Gasteiger partial charge in [-0.25, -0.2) is 4.79 Å². The van der Waals surface area contributed by atoms with E-state index in [0.29, 0.717) is 17.1 Å². The second-order valence-electron chi connectivity index (χ2n) is 6.37. The standard InChI is InChI=1S/C20H22O3/c1-14(15-6-10-17(11-7-15)20(2,3)4)23-19(21)16-8-12-18(22-5)13-9-16/h6-13H,1H2,2-5H3. The van der Waals surface area contributed by atoms with Gasteiger partial charge in [0.2, 0.25) is 0 Å². The number of benzene rings is 2. The fourth-order valence-corrected chi connectivity index (χ4v) is 2.11. The Kier molecular flexibility index (Phi) is 4.89. The maximum absolute atomic E-state index is 12.1. The first-order valence-corrected chi connectivity index (χ1v) is 7.47. The molecule has 2 rings (SSSR count). The number of methoxy groups -OCH3 is 1. The molecule has 120 valence electrons. The zero-order valence-corrected chi connectivity index (χ0v) is 14.1. The highest BCUT2D eigenvalue weighted by Crippen LogP contribution is 2.24. The molecule has 0 spiro atoms. The predicted molar refractivity (Wildman–Crippen MR) is 92.6 cm³/mol. The maximum Gasteiger partial charge on any atom is 0.343 e. The highest BCUT2D eigenvalue weighted by Gasteiger charge is 2.15. The van der Waals surface area contributed by atoms with Crippen molar-refractivity contribution in [2.75, 3.05) is 7.11 Å². The van der Waals surface area contributed by atoms with E-state index in [1.807, 2.05) is 24.3 Å². The van der Waals surface area contributed by atoms with E-state index >= 15 is 0 Å². The number of hydrogen-bond acceptors (Lipinski definition) is 3. The summed E-state index contributed by atoms with van der Waals surface area (Å²) in [6, 6.07) is 14.7. The van der Waals surface area contributed by atoms with Crippen LogP contribution in [0.4, 0.5) is 0 Å². The van der Waals surface area contributed by atoms with Crippen molar-refractivity contribution in [1.29, 1.82) is 0 Å². The predicted octanol–water partition coefficient (Wildman–Crippen LogP) is 4.82. The quantitative estimate of drug-likeness (QED) is 0.600. The molecule has 3 nitrogen and oxygen atoms in total. The molecule has 0 saturated heterocycles. The summed E-state index contributed by atoms with van der Waals surface area (Å²) < 4.78 is 10.4. The molecule has 0 heterocycles. The smallest absolute Gasteiger partial charge is 0.343 e. The van der Waals surface area contributed by atoms with Crippen molar-refractivity contribution in [3.63, 3.8) is 0 Å². The Morgan fingerprint density at radius 3 is 1.91 bits per heavy atom. The molecule has 2 aromatic rings. The van der Waals surface area contributed by atoms with Gasteiger partial charge < -0.3 is 9.47 Å². The lowest BCUT2D eigenvalue weighted by atomic mass is 9.86. The summed E-state index contributed by atoms with van der Waals surface area (Å²) >= 11 is 0. The summed E-state index contributed by atoms with van der Waals surface area (Å²) in [6.07, 6.45) is 0. The molecule has 0 atom stereocenters. The van der Waals surface area contributed by atoms with Crippen LogP contribution in [0.25, 0.3) is 5.76 Å².